The zero-order valence-electron chi connectivity index (χ0n) is 8.14. The lowest BCUT2D eigenvalue weighted by Gasteiger charge is -2.08. The molecule has 0 atom stereocenters. The van der Waals surface area contributed by atoms with E-state index in [2.05, 4.69) is 5.32 Å². The molecule has 0 aliphatic rings. The second-order valence-electron chi connectivity index (χ2n) is 3.06. The summed E-state index contributed by atoms with van der Waals surface area (Å²) in [7, 11) is 0. The molecule has 1 aromatic carbocycles. The van der Waals surface area contributed by atoms with Crippen molar-refractivity contribution in [3.8, 4) is 0 Å². The predicted molar refractivity (Wildman–Crippen MR) is 55.4 cm³/mol. The molecule has 0 heterocycles. The average molecular weight is 252 g/mol. The Bertz CT molecular complexity index is 361. The fourth-order valence-electron chi connectivity index (χ4n) is 1.05. The molecule has 0 aliphatic heterocycles. The lowest BCUT2D eigenvalue weighted by Crippen LogP contribution is -2.12. The first-order valence-corrected chi connectivity index (χ1v) is 5.00. The SMILES string of the molecule is O=C(CCCl)Nc1ccc(C(F)(F)F)cc1. The van der Waals surface area contributed by atoms with Gasteiger partial charge in [0.2, 0.25) is 5.91 Å². The summed E-state index contributed by atoms with van der Waals surface area (Å²) in [5, 5.41) is 2.43. The number of rotatable bonds is 3. The van der Waals surface area contributed by atoms with Crippen molar-refractivity contribution in [2.24, 2.45) is 0 Å². The largest absolute Gasteiger partial charge is 0.416 e. The van der Waals surface area contributed by atoms with Gasteiger partial charge < -0.3 is 5.32 Å². The quantitative estimate of drug-likeness (QED) is 0.821. The predicted octanol–water partition coefficient (Wildman–Crippen LogP) is 3.27. The Labute approximate surface area is 95.4 Å². The molecule has 1 amide bonds. The third-order valence-electron chi connectivity index (χ3n) is 1.82. The molecule has 0 unspecified atom stereocenters. The van der Waals surface area contributed by atoms with Crippen LogP contribution in [0.15, 0.2) is 24.3 Å². The number of amides is 1. The molecule has 2 nitrogen and oxygen atoms in total. The van der Waals surface area contributed by atoms with E-state index < -0.39 is 11.7 Å². The van der Waals surface area contributed by atoms with Crippen LogP contribution in [0.4, 0.5) is 18.9 Å². The van der Waals surface area contributed by atoms with Gasteiger partial charge in [0, 0.05) is 18.0 Å². The Morgan fingerprint density at radius 2 is 1.81 bits per heavy atom. The Balaban J connectivity index is 2.69. The highest BCUT2D eigenvalue weighted by atomic mass is 35.5. The standard InChI is InChI=1S/C10H9ClF3NO/c11-6-5-9(16)15-8-3-1-7(2-4-8)10(12,13)14/h1-4H,5-6H2,(H,15,16). The molecule has 0 saturated carbocycles. The second kappa shape index (κ2) is 5.21. The summed E-state index contributed by atoms with van der Waals surface area (Å²) in [5.41, 5.74) is -0.425. The van der Waals surface area contributed by atoms with Crippen molar-refractivity contribution < 1.29 is 18.0 Å². The highest BCUT2D eigenvalue weighted by molar-refractivity contribution is 6.19. The minimum atomic E-state index is -4.36. The maximum atomic E-state index is 12.2. The van der Waals surface area contributed by atoms with Crippen LogP contribution in [0.3, 0.4) is 0 Å². The van der Waals surface area contributed by atoms with Crippen molar-refractivity contribution in [1.29, 1.82) is 0 Å². The van der Waals surface area contributed by atoms with Gasteiger partial charge in [0.1, 0.15) is 0 Å². The maximum absolute atomic E-state index is 12.2. The number of benzene rings is 1. The van der Waals surface area contributed by atoms with Gasteiger partial charge >= 0.3 is 6.18 Å². The molecule has 0 bridgehead atoms. The summed E-state index contributed by atoms with van der Waals surface area (Å²) in [4.78, 5) is 11.1. The molecule has 88 valence electrons. The summed E-state index contributed by atoms with van der Waals surface area (Å²) >= 11 is 5.34. The van der Waals surface area contributed by atoms with Crippen molar-refractivity contribution in [3.63, 3.8) is 0 Å². The molecule has 1 aromatic rings. The molecule has 0 spiro atoms. The van der Waals surface area contributed by atoms with E-state index in [0.29, 0.717) is 5.69 Å². The summed E-state index contributed by atoms with van der Waals surface area (Å²) in [5.74, 6) is -0.151. The molecule has 6 heteroatoms. The van der Waals surface area contributed by atoms with Crippen LogP contribution in [0.2, 0.25) is 0 Å². The number of carbonyl (C=O) groups excluding carboxylic acids is 1. The van der Waals surface area contributed by atoms with Gasteiger partial charge in [0.15, 0.2) is 0 Å². The smallest absolute Gasteiger partial charge is 0.326 e. The molecule has 0 fully saturated rings. The van der Waals surface area contributed by atoms with Crippen molar-refractivity contribution in [3.05, 3.63) is 29.8 Å². The van der Waals surface area contributed by atoms with Gasteiger partial charge in [0.25, 0.3) is 0 Å². The third kappa shape index (κ3) is 3.73. The summed E-state index contributed by atoms with van der Waals surface area (Å²) in [6.07, 6.45) is -4.23. The molecular formula is C10H9ClF3NO. The Morgan fingerprint density at radius 1 is 1.25 bits per heavy atom. The van der Waals surface area contributed by atoms with Crippen LogP contribution < -0.4 is 5.32 Å². The highest BCUT2D eigenvalue weighted by Gasteiger charge is 2.29. The van der Waals surface area contributed by atoms with E-state index in [1.54, 1.807) is 0 Å². The third-order valence-corrected chi connectivity index (χ3v) is 2.01. The fraction of sp³-hybridized carbons (Fsp3) is 0.300. The zero-order chi connectivity index (χ0) is 12.2. The van der Waals surface area contributed by atoms with Crippen molar-refractivity contribution in [1.82, 2.24) is 0 Å². The molecule has 0 saturated heterocycles. The van der Waals surface area contributed by atoms with Gasteiger partial charge in [-0.15, -0.1) is 11.6 Å². The lowest BCUT2D eigenvalue weighted by atomic mass is 10.2. The maximum Gasteiger partial charge on any atom is 0.416 e. The van der Waals surface area contributed by atoms with Crippen LogP contribution in [0.1, 0.15) is 12.0 Å². The Hall–Kier alpha value is -1.23. The van der Waals surface area contributed by atoms with Crippen LogP contribution in [0, 0.1) is 0 Å². The molecule has 0 aliphatic carbocycles. The average Bonchev–Trinajstić information content (AvgIpc) is 2.17. The number of nitrogens with one attached hydrogen (secondary N) is 1. The van der Waals surface area contributed by atoms with E-state index in [-0.39, 0.29) is 18.2 Å². The molecule has 1 N–H and O–H groups in total. The first-order valence-electron chi connectivity index (χ1n) is 4.46. The van der Waals surface area contributed by atoms with E-state index in [1.807, 2.05) is 0 Å². The van der Waals surface area contributed by atoms with Gasteiger partial charge in [-0.1, -0.05) is 0 Å². The Kier molecular flexibility index (Phi) is 4.18. The second-order valence-corrected chi connectivity index (χ2v) is 3.44. The van der Waals surface area contributed by atoms with E-state index >= 15 is 0 Å². The topological polar surface area (TPSA) is 29.1 Å². The van der Waals surface area contributed by atoms with E-state index in [4.69, 9.17) is 11.6 Å². The van der Waals surface area contributed by atoms with Crippen LogP contribution >= 0.6 is 11.6 Å². The molecular weight excluding hydrogens is 243 g/mol. The normalized spacial score (nSPS) is 11.2. The van der Waals surface area contributed by atoms with Gasteiger partial charge in [-0.05, 0) is 24.3 Å². The van der Waals surface area contributed by atoms with Crippen LogP contribution in [0.25, 0.3) is 0 Å². The number of hydrogen-bond donors (Lipinski definition) is 1. The van der Waals surface area contributed by atoms with Crippen molar-refractivity contribution in [2.75, 3.05) is 11.2 Å². The van der Waals surface area contributed by atoms with Crippen LogP contribution in [-0.2, 0) is 11.0 Å². The van der Waals surface area contributed by atoms with E-state index in [0.717, 1.165) is 12.1 Å². The highest BCUT2D eigenvalue weighted by Crippen LogP contribution is 2.29. The first kappa shape index (κ1) is 12.8. The minimum Gasteiger partial charge on any atom is -0.326 e. The summed E-state index contributed by atoms with van der Waals surface area (Å²) in [6, 6.07) is 4.23. The number of anilines is 1. The van der Waals surface area contributed by atoms with Crippen molar-refractivity contribution in [2.45, 2.75) is 12.6 Å². The van der Waals surface area contributed by atoms with E-state index in [1.165, 1.54) is 12.1 Å². The molecule has 0 radical (unpaired) electrons. The summed E-state index contributed by atoms with van der Waals surface area (Å²) < 4.78 is 36.6. The number of carbonyl (C=O) groups is 1. The monoisotopic (exact) mass is 251 g/mol. The van der Waals surface area contributed by atoms with Gasteiger partial charge in [-0.25, -0.2) is 0 Å². The number of halogens is 4. The van der Waals surface area contributed by atoms with Crippen molar-refractivity contribution >= 4 is 23.2 Å². The fourth-order valence-corrected chi connectivity index (χ4v) is 1.22. The lowest BCUT2D eigenvalue weighted by molar-refractivity contribution is -0.137. The Morgan fingerprint density at radius 3 is 2.25 bits per heavy atom. The van der Waals surface area contributed by atoms with Crippen LogP contribution in [-0.4, -0.2) is 11.8 Å². The number of hydrogen-bond acceptors (Lipinski definition) is 1. The molecule has 16 heavy (non-hydrogen) atoms. The minimum absolute atomic E-state index is 0.128. The number of alkyl halides is 4. The summed E-state index contributed by atoms with van der Waals surface area (Å²) in [6.45, 7) is 0. The zero-order valence-corrected chi connectivity index (χ0v) is 8.90. The molecule has 1 rings (SSSR count). The van der Waals surface area contributed by atoms with Gasteiger partial charge in [-0.2, -0.15) is 13.2 Å². The first-order chi connectivity index (χ1) is 7.43. The van der Waals surface area contributed by atoms with Gasteiger partial charge in [0.05, 0.1) is 5.56 Å². The molecule has 0 aromatic heterocycles. The van der Waals surface area contributed by atoms with Gasteiger partial charge in [-0.3, -0.25) is 4.79 Å². The van der Waals surface area contributed by atoms with E-state index in [9.17, 15) is 18.0 Å². The van der Waals surface area contributed by atoms with Crippen LogP contribution in [0.5, 0.6) is 0 Å².